The number of hydrogen-bond donors (Lipinski definition) is 2. The lowest BCUT2D eigenvalue weighted by Crippen LogP contribution is -2.48. The van der Waals surface area contributed by atoms with Crippen LogP contribution in [0.3, 0.4) is 0 Å². The van der Waals surface area contributed by atoms with E-state index in [9.17, 15) is 14.4 Å². The maximum absolute atomic E-state index is 12.3. The van der Waals surface area contributed by atoms with Gasteiger partial charge in [0.05, 0.1) is 6.42 Å². The van der Waals surface area contributed by atoms with Crippen LogP contribution in [0.1, 0.15) is 37.6 Å². The molecule has 0 aliphatic carbocycles. The molecule has 1 aromatic rings. The summed E-state index contributed by atoms with van der Waals surface area (Å²) in [6.45, 7) is 5.45. The molecule has 1 amide bonds. The molecule has 104 valence electrons. The number of aromatic amines is 1. The molecule has 0 saturated heterocycles. The smallest absolute Gasteiger partial charge is 0.305 e. The molecule has 0 bridgehead atoms. The first-order valence-corrected chi connectivity index (χ1v) is 5.95. The highest BCUT2D eigenvalue weighted by atomic mass is 16.4. The Hall–Kier alpha value is -2.11. The number of nitrogens with zero attached hydrogens (tertiary/aromatic N) is 1. The molecule has 0 aliphatic rings. The molecule has 0 atom stereocenters. The summed E-state index contributed by atoms with van der Waals surface area (Å²) in [5.41, 5.74) is -1.02. The van der Waals surface area contributed by atoms with E-state index in [1.54, 1.807) is 26.8 Å². The number of carboxylic acid groups (broad SMARTS) is 1. The van der Waals surface area contributed by atoms with Gasteiger partial charge in [-0.3, -0.25) is 14.4 Å². The number of carbonyl (C=O) groups is 2. The molecule has 1 rings (SSSR count). The van der Waals surface area contributed by atoms with Crippen molar-refractivity contribution in [3.8, 4) is 0 Å². The van der Waals surface area contributed by atoms with Gasteiger partial charge in [0.1, 0.15) is 5.56 Å². The Balaban J connectivity index is 3.05. The Kier molecular flexibility index (Phi) is 4.47. The molecule has 1 heterocycles. The SMILES string of the molecule is CC(C)(C)N(CCC(=O)O)C(=O)c1ccc[nH]c1=O. The van der Waals surface area contributed by atoms with Gasteiger partial charge in [-0.25, -0.2) is 0 Å². The van der Waals surface area contributed by atoms with Crippen LogP contribution in [0, 0.1) is 0 Å². The average Bonchev–Trinajstić information content (AvgIpc) is 2.27. The molecule has 0 radical (unpaired) electrons. The van der Waals surface area contributed by atoms with Crippen LogP contribution in [-0.2, 0) is 4.79 Å². The quantitative estimate of drug-likeness (QED) is 0.853. The zero-order valence-corrected chi connectivity index (χ0v) is 11.3. The van der Waals surface area contributed by atoms with Gasteiger partial charge in [-0.1, -0.05) is 0 Å². The zero-order chi connectivity index (χ0) is 14.6. The van der Waals surface area contributed by atoms with E-state index in [4.69, 9.17) is 5.11 Å². The number of aromatic nitrogens is 1. The summed E-state index contributed by atoms with van der Waals surface area (Å²) in [5, 5.41) is 8.73. The molecular formula is C13H18N2O4. The average molecular weight is 266 g/mol. The molecule has 0 unspecified atom stereocenters. The fraction of sp³-hybridized carbons (Fsp3) is 0.462. The fourth-order valence-electron chi connectivity index (χ4n) is 1.68. The minimum Gasteiger partial charge on any atom is -0.481 e. The number of nitrogens with one attached hydrogen (secondary N) is 1. The number of hydrogen-bond acceptors (Lipinski definition) is 3. The van der Waals surface area contributed by atoms with Gasteiger partial charge in [-0.05, 0) is 32.9 Å². The van der Waals surface area contributed by atoms with Crippen molar-refractivity contribution in [1.82, 2.24) is 9.88 Å². The summed E-state index contributed by atoms with van der Waals surface area (Å²) >= 11 is 0. The zero-order valence-electron chi connectivity index (χ0n) is 11.3. The van der Waals surface area contributed by atoms with E-state index in [2.05, 4.69) is 4.98 Å². The largest absolute Gasteiger partial charge is 0.481 e. The second-order valence-corrected chi connectivity index (χ2v) is 5.18. The molecule has 19 heavy (non-hydrogen) atoms. The Labute approximate surface area is 111 Å². The van der Waals surface area contributed by atoms with Crippen LogP contribution in [0.25, 0.3) is 0 Å². The number of amides is 1. The van der Waals surface area contributed by atoms with Crippen molar-refractivity contribution < 1.29 is 14.7 Å². The van der Waals surface area contributed by atoms with Gasteiger partial charge in [0, 0.05) is 18.3 Å². The van der Waals surface area contributed by atoms with Crippen molar-refractivity contribution >= 4 is 11.9 Å². The summed E-state index contributed by atoms with van der Waals surface area (Å²) < 4.78 is 0. The predicted molar refractivity (Wildman–Crippen MR) is 70.1 cm³/mol. The van der Waals surface area contributed by atoms with Gasteiger partial charge in [0.2, 0.25) is 0 Å². The number of H-pyrrole nitrogens is 1. The van der Waals surface area contributed by atoms with Crippen LogP contribution < -0.4 is 5.56 Å². The molecule has 6 heteroatoms. The van der Waals surface area contributed by atoms with E-state index in [1.807, 2.05) is 0 Å². The van der Waals surface area contributed by atoms with E-state index in [0.717, 1.165) is 0 Å². The first-order chi connectivity index (χ1) is 8.73. The Morgan fingerprint density at radius 1 is 1.37 bits per heavy atom. The van der Waals surface area contributed by atoms with Gasteiger partial charge in [0.15, 0.2) is 0 Å². The van der Waals surface area contributed by atoms with E-state index < -0.39 is 23.0 Å². The number of pyridine rings is 1. The van der Waals surface area contributed by atoms with Gasteiger partial charge in [-0.2, -0.15) is 0 Å². The number of rotatable bonds is 4. The lowest BCUT2D eigenvalue weighted by Gasteiger charge is -2.35. The summed E-state index contributed by atoms with van der Waals surface area (Å²) in [7, 11) is 0. The third-order valence-electron chi connectivity index (χ3n) is 2.65. The molecular weight excluding hydrogens is 248 g/mol. The van der Waals surface area contributed by atoms with Crippen molar-refractivity contribution in [2.24, 2.45) is 0 Å². The fourth-order valence-corrected chi connectivity index (χ4v) is 1.68. The second-order valence-electron chi connectivity index (χ2n) is 5.18. The highest BCUT2D eigenvalue weighted by Gasteiger charge is 2.28. The lowest BCUT2D eigenvalue weighted by atomic mass is 10.0. The number of aliphatic carboxylic acids is 1. The Morgan fingerprint density at radius 2 is 2.00 bits per heavy atom. The first-order valence-electron chi connectivity index (χ1n) is 5.95. The molecule has 6 nitrogen and oxygen atoms in total. The van der Waals surface area contributed by atoms with Crippen molar-refractivity contribution in [2.75, 3.05) is 6.54 Å². The van der Waals surface area contributed by atoms with Crippen LogP contribution in [-0.4, -0.2) is 39.0 Å². The van der Waals surface area contributed by atoms with E-state index in [1.165, 1.54) is 17.2 Å². The lowest BCUT2D eigenvalue weighted by molar-refractivity contribution is -0.137. The standard InChI is InChI=1S/C13H18N2O4/c1-13(2,3)15(8-6-10(16)17)12(19)9-5-4-7-14-11(9)18/h4-5,7H,6,8H2,1-3H3,(H,14,18)(H,16,17). The van der Waals surface area contributed by atoms with Crippen LogP contribution in [0.15, 0.2) is 23.1 Å². The minimum atomic E-state index is -0.982. The van der Waals surface area contributed by atoms with Gasteiger partial charge in [0.25, 0.3) is 11.5 Å². The van der Waals surface area contributed by atoms with Gasteiger partial charge in [-0.15, -0.1) is 0 Å². The minimum absolute atomic E-state index is 0.0165. The van der Waals surface area contributed by atoms with Crippen LogP contribution >= 0.6 is 0 Å². The third-order valence-corrected chi connectivity index (χ3v) is 2.65. The Morgan fingerprint density at radius 3 is 2.47 bits per heavy atom. The number of carbonyl (C=O) groups excluding carboxylic acids is 1. The van der Waals surface area contributed by atoms with E-state index in [-0.39, 0.29) is 18.5 Å². The summed E-state index contributed by atoms with van der Waals surface area (Å²) in [4.78, 5) is 38.4. The van der Waals surface area contributed by atoms with Gasteiger partial charge < -0.3 is 15.0 Å². The first kappa shape index (κ1) is 14.9. The molecule has 0 spiro atoms. The highest BCUT2D eigenvalue weighted by molar-refractivity contribution is 5.94. The molecule has 0 fully saturated rings. The van der Waals surface area contributed by atoms with Crippen LogP contribution in [0.5, 0.6) is 0 Å². The van der Waals surface area contributed by atoms with E-state index >= 15 is 0 Å². The molecule has 0 saturated carbocycles. The summed E-state index contributed by atoms with van der Waals surface area (Å²) in [6.07, 6.45) is 1.28. The third kappa shape index (κ3) is 3.94. The van der Waals surface area contributed by atoms with Crippen molar-refractivity contribution in [2.45, 2.75) is 32.7 Å². The van der Waals surface area contributed by atoms with Crippen LogP contribution in [0.4, 0.5) is 0 Å². The van der Waals surface area contributed by atoms with Crippen molar-refractivity contribution in [3.63, 3.8) is 0 Å². The molecule has 1 aromatic heterocycles. The molecule has 0 aromatic carbocycles. The van der Waals surface area contributed by atoms with Gasteiger partial charge >= 0.3 is 5.97 Å². The maximum Gasteiger partial charge on any atom is 0.305 e. The monoisotopic (exact) mass is 266 g/mol. The molecule has 0 aliphatic heterocycles. The topological polar surface area (TPSA) is 90.5 Å². The normalized spacial score (nSPS) is 11.1. The predicted octanol–water partition coefficient (Wildman–Crippen LogP) is 1.09. The summed E-state index contributed by atoms with van der Waals surface area (Å²) in [5.74, 6) is -1.44. The maximum atomic E-state index is 12.3. The van der Waals surface area contributed by atoms with Crippen molar-refractivity contribution in [1.29, 1.82) is 0 Å². The summed E-state index contributed by atoms with van der Waals surface area (Å²) in [6, 6.07) is 2.99. The molecule has 2 N–H and O–H groups in total. The number of carboxylic acids is 1. The highest BCUT2D eigenvalue weighted by Crippen LogP contribution is 2.16. The van der Waals surface area contributed by atoms with E-state index in [0.29, 0.717) is 0 Å². The second kappa shape index (κ2) is 5.69. The Bertz CT molecular complexity index is 528. The van der Waals surface area contributed by atoms with Crippen molar-refractivity contribution in [3.05, 3.63) is 34.2 Å². The van der Waals surface area contributed by atoms with Crippen LogP contribution in [0.2, 0.25) is 0 Å².